The molecule has 1 heterocycles. The van der Waals surface area contributed by atoms with E-state index in [1.807, 2.05) is 30.3 Å². The first-order valence-electron chi connectivity index (χ1n) is 6.84. The number of carbonyl (C=O) groups excluding carboxylic acids is 1. The zero-order valence-electron chi connectivity index (χ0n) is 11.8. The Morgan fingerprint density at radius 1 is 1.48 bits per heavy atom. The summed E-state index contributed by atoms with van der Waals surface area (Å²) in [7, 11) is 0. The van der Waals surface area contributed by atoms with Gasteiger partial charge in [0.25, 0.3) is 0 Å². The minimum atomic E-state index is 0.0173. The molecule has 1 atom stereocenters. The number of rotatable bonds is 3. The van der Waals surface area contributed by atoms with Crippen LogP contribution in [0, 0.1) is 0 Å². The van der Waals surface area contributed by atoms with Crippen molar-refractivity contribution in [1.82, 2.24) is 0 Å². The van der Waals surface area contributed by atoms with Gasteiger partial charge < -0.3 is 9.64 Å². The quantitative estimate of drug-likeness (QED) is 0.632. The minimum absolute atomic E-state index is 0.0173. The predicted octanol–water partition coefficient (Wildman–Crippen LogP) is 4.05. The van der Waals surface area contributed by atoms with Crippen LogP contribution in [0.4, 0.5) is 5.69 Å². The molecule has 0 radical (unpaired) electrons. The van der Waals surface area contributed by atoms with Crippen molar-refractivity contribution in [2.45, 2.75) is 12.8 Å². The minimum Gasteiger partial charge on any atom is -0.465 e. The van der Waals surface area contributed by atoms with Crippen molar-refractivity contribution in [3.05, 3.63) is 48.7 Å². The zero-order chi connectivity index (χ0) is 15.0. The van der Waals surface area contributed by atoms with E-state index >= 15 is 0 Å². The van der Waals surface area contributed by atoms with E-state index in [1.54, 1.807) is 11.8 Å². The molecular weight excluding hydrogens is 286 g/mol. The van der Waals surface area contributed by atoms with E-state index in [-0.39, 0.29) is 11.8 Å². The van der Waals surface area contributed by atoms with Gasteiger partial charge in [0.1, 0.15) is 5.75 Å². The Hall–Kier alpha value is -2.00. The molecule has 1 aliphatic rings. The van der Waals surface area contributed by atoms with E-state index in [4.69, 9.17) is 16.3 Å². The molecule has 0 unspecified atom stereocenters. The van der Waals surface area contributed by atoms with Gasteiger partial charge in [-0.15, -0.1) is 11.6 Å². The lowest BCUT2D eigenvalue weighted by atomic mass is 9.95. The molecule has 3 rings (SSSR count). The monoisotopic (exact) mass is 301 g/mol. The summed E-state index contributed by atoms with van der Waals surface area (Å²) in [6, 6.07) is 9.93. The summed E-state index contributed by atoms with van der Waals surface area (Å²) < 4.78 is 5.53. The number of halogens is 1. The molecule has 108 valence electrons. The normalized spacial score (nSPS) is 16.9. The maximum absolute atomic E-state index is 11.9. The fraction of sp³-hybridized carbons (Fsp3) is 0.235. The molecule has 3 nitrogen and oxygen atoms in total. The Bertz CT molecular complexity index is 726. The van der Waals surface area contributed by atoms with Gasteiger partial charge in [-0.25, -0.2) is 0 Å². The number of ether oxygens (including phenoxy) is 1. The molecule has 0 saturated heterocycles. The molecule has 0 spiro atoms. The smallest absolute Gasteiger partial charge is 0.223 e. The van der Waals surface area contributed by atoms with Crippen LogP contribution in [0.2, 0.25) is 0 Å². The van der Waals surface area contributed by atoms with Crippen molar-refractivity contribution >= 4 is 34.0 Å². The highest BCUT2D eigenvalue weighted by atomic mass is 35.5. The fourth-order valence-corrected chi connectivity index (χ4v) is 3.28. The van der Waals surface area contributed by atoms with Gasteiger partial charge in [-0.3, -0.25) is 4.79 Å². The van der Waals surface area contributed by atoms with Gasteiger partial charge in [-0.05, 0) is 10.9 Å². The summed E-state index contributed by atoms with van der Waals surface area (Å²) >= 11 is 6.12. The lowest BCUT2D eigenvalue weighted by molar-refractivity contribution is -0.116. The lowest BCUT2D eigenvalue weighted by Crippen LogP contribution is -2.27. The summed E-state index contributed by atoms with van der Waals surface area (Å²) in [5, 5.41) is 2.10. The van der Waals surface area contributed by atoms with Crippen molar-refractivity contribution in [2.24, 2.45) is 0 Å². The molecular formula is C17H16ClNO2. The number of alkyl halides is 1. The lowest BCUT2D eigenvalue weighted by Gasteiger charge is -2.17. The van der Waals surface area contributed by atoms with E-state index in [0.29, 0.717) is 18.2 Å². The van der Waals surface area contributed by atoms with Crippen molar-refractivity contribution < 1.29 is 9.53 Å². The zero-order valence-corrected chi connectivity index (χ0v) is 12.6. The molecule has 2 aromatic carbocycles. The maximum Gasteiger partial charge on any atom is 0.223 e. The average Bonchev–Trinajstić information content (AvgIpc) is 2.86. The number of carbonyl (C=O) groups is 1. The first kappa shape index (κ1) is 14.0. The maximum atomic E-state index is 11.9. The third kappa shape index (κ3) is 2.18. The highest BCUT2D eigenvalue weighted by Gasteiger charge is 2.33. The van der Waals surface area contributed by atoms with Gasteiger partial charge in [0, 0.05) is 36.7 Å². The third-order valence-corrected chi connectivity index (χ3v) is 4.28. The van der Waals surface area contributed by atoms with Crippen LogP contribution in [0.5, 0.6) is 5.75 Å². The Morgan fingerprint density at radius 3 is 2.81 bits per heavy atom. The van der Waals surface area contributed by atoms with E-state index in [0.717, 1.165) is 22.0 Å². The van der Waals surface area contributed by atoms with E-state index in [9.17, 15) is 4.79 Å². The molecule has 21 heavy (non-hydrogen) atoms. The summed E-state index contributed by atoms with van der Waals surface area (Å²) in [4.78, 5) is 13.7. The van der Waals surface area contributed by atoms with E-state index < -0.39 is 0 Å². The van der Waals surface area contributed by atoms with Crippen LogP contribution in [0.25, 0.3) is 10.8 Å². The van der Waals surface area contributed by atoms with Gasteiger partial charge in [0.05, 0.1) is 11.9 Å². The molecule has 1 aliphatic heterocycles. The molecule has 0 fully saturated rings. The van der Waals surface area contributed by atoms with Crippen LogP contribution in [0.15, 0.2) is 43.2 Å². The standard InChI is InChI=1S/C17H16ClNO2/c1-3-21-16-8-15-17(14-7-5-4-6-13(14)16)12(9-18)10-19(15)11(2)20/h3-8,12H,1,9-10H2,2H3/t12-/m1/s1. The first-order chi connectivity index (χ1) is 10.2. The van der Waals surface area contributed by atoms with Crippen LogP contribution in [0.1, 0.15) is 18.4 Å². The van der Waals surface area contributed by atoms with Crippen LogP contribution >= 0.6 is 11.6 Å². The highest BCUT2D eigenvalue weighted by Crippen LogP contribution is 2.45. The molecule has 4 heteroatoms. The highest BCUT2D eigenvalue weighted by molar-refractivity contribution is 6.19. The Balaban J connectivity index is 2.33. The van der Waals surface area contributed by atoms with E-state index in [1.165, 1.54) is 6.26 Å². The van der Waals surface area contributed by atoms with Crippen LogP contribution < -0.4 is 9.64 Å². The molecule has 1 amide bonds. The number of hydrogen-bond donors (Lipinski definition) is 0. The van der Waals surface area contributed by atoms with Gasteiger partial charge in [-0.2, -0.15) is 0 Å². The van der Waals surface area contributed by atoms with Crippen LogP contribution in [-0.4, -0.2) is 18.3 Å². The number of hydrogen-bond acceptors (Lipinski definition) is 2. The summed E-state index contributed by atoms with van der Waals surface area (Å²) in [5.74, 6) is 1.36. The predicted molar refractivity (Wildman–Crippen MR) is 86.3 cm³/mol. The molecule has 0 saturated carbocycles. The fourth-order valence-electron chi connectivity index (χ4n) is 3.02. The number of anilines is 1. The number of nitrogens with zero attached hydrogens (tertiary/aromatic N) is 1. The molecule has 0 N–H and O–H groups in total. The van der Waals surface area contributed by atoms with Crippen LogP contribution in [0.3, 0.4) is 0 Å². The summed E-state index contributed by atoms with van der Waals surface area (Å²) in [5.41, 5.74) is 2.02. The first-order valence-corrected chi connectivity index (χ1v) is 7.38. The van der Waals surface area contributed by atoms with Gasteiger partial charge in [0.15, 0.2) is 0 Å². The summed E-state index contributed by atoms with van der Waals surface area (Å²) in [6.07, 6.45) is 1.40. The molecule has 0 aliphatic carbocycles. The molecule has 0 bridgehead atoms. The van der Waals surface area contributed by atoms with Gasteiger partial charge in [-0.1, -0.05) is 30.8 Å². The molecule has 0 aromatic heterocycles. The van der Waals surface area contributed by atoms with Gasteiger partial charge >= 0.3 is 0 Å². The van der Waals surface area contributed by atoms with Crippen molar-refractivity contribution in [3.63, 3.8) is 0 Å². The van der Waals surface area contributed by atoms with Crippen LogP contribution in [-0.2, 0) is 4.79 Å². The Morgan fingerprint density at radius 2 is 2.19 bits per heavy atom. The topological polar surface area (TPSA) is 29.5 Å². The van der Waals surface area contributed by atoms with Crippen molar-refractivity contribution in [1.29, 1.82) is 0 Å². The number of benzene rings is 2. The molecule has 2 aromatic rings. The van der Waals surface area contributed by atoms with Crippen molar-refractivity contribution in [2.75, 3.05) is 17.3 Å². The second-order valence-corrected chi connectivity index (χ2v) is 5.43. The second-order valence-electron chi connectivity index (χ2n) is 5.12. The Labute approximate surface area is 128 Å². The largest absolute Gasteiger partial charge is 0.465 e. The number of fused-ring (bicyclic) bond motifs is 3. The SMILES string of the molecule is C=COc1cc2c(c3ccccc13)[C@H](CCl)CN2C(C)=O. The average molecular weight is 302 g/mol. The Kier molecular flexibility index (Phi) is 3.60. The van der Waals surface area contributed by atoms with Gasteiger partial charge in [0.2, 0.25) is 5.91 Å². The summed E-state index contributed by atoms with van der Waals surface area (Å²) in [6.45, 7) is 5.81. The number of amides is 1. The van der Waals surface area contributed by atoms with E-state index in [2.05, 4.69) is 6.58 Å². The third-order valence-electron chi connectivity index (χ3n) is 3.91. The van der Waals surface area contributed by atoms with Crippen molar-refractivity contribution in [3.8, 4) is 5.75 Å². The second kappa shape index (κ2) is 5.41.